The summed E-state index contributed by atoms with van der Waals surface area (Å²) in [7, 11) is 0. The number of halogens is 1. The van der Waals surface area contributed by atoms with Gasteiger partial charge in [-0.05, 0) is 18.4 Å². The van der Waals surface area contributed by atoms with Crippen LogP contribution < -0.4 is 5.73 Å². The van der Waals surface area contributed by atoms with E-state index in [1.54, 1.807) is 5.54 Å². The Morgan fingerprint density at radius 3 is 2.85 bits per heavy atom. The lowest BCUT2D eigenvalue weighted by Crippen LogP contribution is -2.52. The average Bonchev–Trinajstić information content (AvgIpc) is 2.07. The molecule has 0 amide bonds. The van der Waals surface area contributed by atoms with Crippen molar-refractivity contribution in [1.82, 2.24) is 4.90 Å². The van der Waals surface area contributed by atoms with Crippen LogP contribution in [0.5, 0.6) is 0 Å². The molecule has 1 rings (SSSR count). The first-order valence-corrected chi connectivity index (χ1v) is 5.23. The number of hydrogen-bond acceptors (Lipinski definition) is 2. The summed E-state index contributed by atoms with van der Waals surface area (Å²) in [6.45, 7) is 7.56. The van der Waals surface area contributed by atoms with E-state index < -0.39 is 0 Å². The van der Waals surface area contributed by atoms with Crippen LogP contribution in [0, 0.1) is 5.41 Å². The van der Waals surface area contributed by atoms with Gasteiger partial charge in [0.15, 0.2) is 0 Å². The molecule has 0 radical (unpaired) electrons. The van der Waals surface area contributed by atoms with E-state index in [0.717, 1.165) is 26.1 Å². The van der Waals surface area contributed by atoms with Crippen molar-refractivity contribution in [3.05, 3.63) is 11.6 Å². The van der Waals surface area contributed by atoms with Crippen molar-refractivity contribution < 1.29 is 0 Å². The molecule has 1 heterocycles. The van der Waals surface area contributed by atoms with Crippen LogP contribution in [0.15, 0.2) is 11.6 Å². The van der Waals surface area contributed by atoms with Gasteiger partial charge in [-0.3, -0.25) is 4.90 Å². The molecule has 1 unspecified atom stereocenters. The third-order valence-corrected chi connectivity index (χ3v) is 3.02. The predicted octanol–water partition coefficient (Wildman–Crippen LogP) is 1.80. The predicted molar refractivity (Wildman–Crippen MR) is 57.8 cm³/mol. The fourth-order valence-corrected chi connectivity index (χ4v) is 1.91. The summed E-state index contributed by atoms with van der Waals surface area (Å²) < 4.78 is 0. The van der Waals surface area contributed by atoms with Gasteiger partial charge in [0.2, 0.25) is 0 Å². The van der Waals surface area contributed by atoms with E-state index in [0.29, 0.717) is 6.04 Å². The first kappa shape index (κ1) is 11.0. The highest BCUT2D eigenvalue weighted by Crippen LogP contribution is 2.27. The van der Waals surface area contributed by atoms with Crippen LogP contribution in [0.25, 0.3) is 0 Å². The lowest BCUT2D eigenvalue weighted by Gasteiger charge is -2.42. The summed E-state index contributed by atoms with van der Waals surface area (Å²) in [5.41, 5.74) is 7.85. The van der Waals surface area contributed by atoms with Crippen LogP contribution >= 0.6 is 11.6 Å². The fourth-order valence-electron chi connectivity index (χ4n) is 1.83. The molecule has 3 heteroatoms. The van der Waals surface area contributed by atoms with Crippen molar-refractivity contribution in [1.29, 1.82) is 0 Å². The Kier molecular flexibility index (Phi) is 3.77. The van der Waals surface area contributed by atoms with Gasteiger partial charge in [-0.1, -0.05) is 31.5 Å². The maximum atomic E-state index is 6.03. The number of piperidine rings is 1. The molecule has 1 fully saturated rings. The summed E-state index contributed by atoms with van der Waals surface area (Å²) in [6, 6.07) is 0.337. The molecule has 0 aromatic carbocycles. The van der Waals surface area contributed by atoms with E-state index >= 15 is 0 Å². The largest absolute Gasteiger partial charge is 0.327 e. The molecule has 2 nitrogen and oxygen atoms in total. The molecule has 0 spiro atoms. The highest BCUT2D eigenvalue weighted by molar-refractivity contribution is 6.25. The molecule has 76 valence electrons. The van der Waals surface area contributed by atoms with Crippen LogP contribution in [-0.2, 0) is 0 Å². The molecule has 1 aliphatic rings. The SMILES string of the molecule is CC1(C)CN(C/C=C/Cl)CCC1N. The lowest BCUT2D eigenvalue weighted by atomic mass is 9.80. The lowest BCUT2D eigenvalue weighted by molar-refractivity contribution is 0.105. The van der Waals surface area contributed by atoms with Crippen molar-refractivity contribution in [2.24, 2.45) is 11.1 Å². The molecular weight excluding hydrogens is 184 g/mol. The zero-order chi connectivity index (χ0) is 9.90. The van der Waals surface area contributed by atoms with E-state index in [9.17, 15) is 0 Å². The Labute approximate surface area is 85.7 Å². The second-order valence-corrected chi connectivity index (χ2v) is 4.73. The molecular formula is C10H19ClN2. The molecule has 0 bridgehead atoms. The summed E-state index contributed by atoms with van der Waals surface area (Å²) in [6.07, 6.45) is 3.07. The number of nitrogens with zero attached hydrogens (tertiary/aromatic N) is 1. The number of hydrogen-bond donors (Lipinski definition) is 1. The molecule has 2 N–H and O–H groups in total. The molecule has 0 aromatic heterocycles. The second kappa shape index (κ2) is 4.45. The average molecular weight is 203 g/mol. The van der Waals surface area contributed by atoms with E-state index in [-0.39, 0.29) is 5.41 Å². The molecule has 0 saturated carbocycles. The van der Waals surface area contributed by atoms with Crippen molar-refractivity contribution in [3.8, 4) is 0 Å². The zero-order valence-corrected chi connectivity index (χ0v) is 9.22. The molecule has 0 aliphatic carbocycles. The van der Waals surface area contributed by atoms with Crippen LogP contribution in [0.1, 0.15) is 20.3 Å². The van der Waals surface area contributed by atoms with Gasteiger partial charge < -0.3 is 5.73 Å². The Morgan fingerprint density at radius 1 is 1.62 bits per heavy atom. The van der Waals surface area contributed by atoms with Gasteiger partial charge in [-0.2, -0.15) is 0 Å². The third kappa shape index (κ3) is 2.97. The van der Waals surface area contributed by atoms with E-state index in [1.807, 2.05) is 6.08 Å². The second-order valence-electron chi connectivity index (χ2n) is 4.48. The van der Waals surface area contributed by atoms with Crippen LogP contribution in [0.3, 0.4) is 0 Å². The normalized spacial score (nSPS) is 29.7. The quantitative estimate of drug-likeness (QED) is 0.740. The van der Waals surface area contributed by atoms with E-state index in [4.69, 9.17) is 17.3 Å². The Hall–Kier alpha value is -0.0500. The van der Waals surface area contributed by atoms with Gasteiger partial charge in [-0.15, -0.1) is 0 Å². The minimum absolute atomic E-state index is 0.235. The minimum Gasteiger partial charge on any atom is -0.327 e. The Bertz CT molecular complexity index is 189. The van der Waals surface area contributed by atoms with Crippen LogP contribution in [0.2, 0.25) is 0 Å². The summed E-state index contributed by atoms with van der Waals surface area (Å²) in [5.74, 6) is 0. The van der Waals surface area contributed by atoms with Crippen molar-refractivity contribution >= 4 is 11.6 Å². The van der Waals surface area contributed by atoms with Crippen molar-refractivity contribution in [3.63, 3.8) is 0 Å². The first-order valence-electron chi connectivity index (χ1n) is 4.79. The van der Waals surface area contributed by atoms with Gasteiger partial charge in [0.05, 0.1) is 0 Å². The Balaban J connectivity index is 2.46. The zero-order valence-electron chi connectivity index (χ0n) is 8.46. The third-order valence-electron chi connectivity index (χ3n) is 2.84. The van der Waals surface area contributed by atoms with Gasteiger partial charge in [-0.25, -0.2) is 0 Å². The van der Waals surface area contributed by atoms with Crippen molar-refractivity contribution in [2.75, 3.05) is 19.6 Å². The maximum Gasteiger partial charge on any atom is 0.0175 e. The summed E-state index contributed by atoms with van der Waals surface area (Å²) in [5, 5.41) is 0. The number of rotatable bonds is 2. The number of nitrogens with two attached hydrogens (primary N) is 1. The molecule has 1 aliphatic heterocycles. The van der Waals surface area contributed by atoms with Gasteiger partial charge in [0.25, 0.3) is 0 Å². The maximum absolute atomic E-state index is 6.03. The Morgan fingerprint density at radius 2 is 2.31 bits per heavy atom. The summed E-state index contributed by atoms with van der Waals surface area (Å²) in [4.78, 5) is 2.39. The van der Waals surface area contributed by atoms with Crippen LogP contribution in [0.4, 0.5) is 0 Å². The first-order chi connectivity index (χ1) is 6.06. The molecule has 1 saturated heterocycles. The van der Waals surface area contributed by atoms with E-state index in [2.05, 4.69) is 18.7 Å². The van der Waals surface area contributed by atoms with Gasteiger partial charge >= 0.3 is 0 Å². The topological polar surface area (TPSA) is 29.3 Å². The molecule has 0 aromatic rings. The van der Waals surface area contributed by atoms with Gasteiger partial charge in [0.1, 0.15) is 0 Å². The highest BCUT2D eigenvalue weighted by atomic mass is 35.5. The van der Waals surface area contributed by atoms with Gasteiger partial charge in [0, 0.05) is 24.7 Å². The molecule has 13 heavy (non-hydrogen) atoms. The monoisotopic (exact) mass is 202 g/mol. The smallest absolute Gasteiger partial charge is 0.0175 e. The van der Waals surface area contributed by atoms with Crippen LogP contribution in [-0.4, -0.2) is 30.6 Å². The fraction of sp³-hybridized carbons (Fsp3) is 0.800. The molecule has 1 atom stereocenters. The highest BCUT2D eigenvalue weighted by Gasteiger charge is 2.32. The van der Waals surface area contributed by atoms with E-state index in [1.165, 1.54) is 0 Å². The van der Waals surface area contributed by atoms with Crippen molar-refractivity contribution in [2.45, 2.75) is 26.3 Å². The minimum atomic E-state index is 0.235. The number of likely N-dealkylation sites (tertiary alicyclic amines) is 1. The standard InChI is InChI=1S/C10H19ClN2/c1-10(2)8-13(6-3-5-11)7-4-9(10)12/h3,5,9H,4,6-8,12H2,1-2H3/b5-3+. The summed E-state index contributed by atoms with van der Waals surface area (Å²) >= 11 is 5.49.